The molecule has 2 atom stereocenters. The molecule has 0 saturated heterocycles. The normalized spacial score (nSPS) is 26.5. The summed E-state index contributed by atoms with van der Waals surface area (Å²) in [4.78, 5) is 22.1. The van der Waals surface area contributed by atoms with Gasteiger partial charge in [0.1, 0.15) is 6.17 Å². The Hall–Kier alpha value is -2.11. The van der Waals surface area contributed by atoms with Gasteiger partial charge in [-0.25, -0.2) is 9.98 Å². The van der Waals surface area contributed by atoms with Crippen molar-refractivity contribution < 1.29 is 0 Å². The molecule has 6 nitrogen and oxygen atoms in total. The van der Waals surface area contributed by atoms with Crippen LogP contribution in [0.25, 0.3) is 0 Å². The smallest absolute Gasteiger partial charge is 0.256 e. The fourth-order valence-corrected chi connectivity index (χ4v) is 4.20. The lowest BCUT2D eigenvalue weighted by atomic mass is 9.91. The van der Waals surface area contributed by atoms with E-state index in [4.69, 9.17) is 4.99 Å². The number of aliphatic imine (C=N–C) groups is 1. The molecule has 0 radical (unpaired) electrons. The molecule has 2 N–H and O–H groups in total. The molecule has 134 valence electrons. The average Bonchev–Trinajstić information content (AvgIpc) is 2.62. The van der Waals surface area contributed by atoms with E-state index in [1.807, 2.05) is 6.92 Å². The van der Waals surface area contributed by atoms with Crippen molar-refractivity contribution in [2.45, 2.75) is 70.5 Å². The van der Waals surface area contributed by atoms with E-state index in [1.54, 1.807) is 10.6 Å². The van der Waals surface area contributed by atoms with Gasteiger partial charge >= 0.3 is 0 Å². The van der Waals surface area contributed by atoms with Gasteiger partial charge in [-0.1, -0.05) is 31.4 Å². The Morgan fingerprint density at radius 2 is 2.04 bits per heavy atom. The first-order valence-electron chi connectivity index (χ1n) is 9.57. The van der Waals surface area contributed by atoms with Crippen LogP contribution in [0.4, 0.5) is 5.95 Å². The fraction of sp³-hybridized carbons (Fsp3) is 0.632. The number of anilines is 1. The van der Waals surface area contributed by atoms with Crippen LogP contribution >= 0.6 is 0 Å². The van der Waals surface area contributed by atoms with E-state index in [0.29, 0.717) is 17.9 Å². The summed E-state index contributed by atoms with van der Waals surface area (Å²) in [6.07, 6.45) is 13.6. The maximum Gasteiger partial charge on any atom is 0.256 e. The van der Waals surface area contributed by atoms with Gasteiger partial charge in [0, 0.05) is 23.7 Å². The molecule has 3 aliphatic rings. The van der Waals surface area contributed by atoms with E-state index in [-0.39, 0.29) is 11.7 Å². The lowest BCUT2D eigenvalue weighted by Crippen LogP contribution is -2.46. The highest BCUT2D eigenvalue weighted by Crippen LogP contribution is 2.33. The number of rotatable bonds is 2. The topological polar surface area (TPSA) is 71.3 Å². The molecule has 4 rings (SSSR count). The van der Waals surface area contributed by atoms with Crippen LogP contribution in [0.5, 0.6) is 0 Å². The summed E-state index contributed by atoms with van der Waals surface area (Å²) < 4.78 is 1.74. The molecular formula is C19H27N5O. The molecule has 0 spiro atoms. The van der Waals surface area contributed by atoms with E-state index in [2.05, 4.69) is 27.8 Å². The van der Waals surface area contributed by atoms with E-state index in [1.165, 1.54) is 32.1 Å². The number of hydrogen-bond donors (Lipinski definition) is 2. The molecule has 0 bridgehead atoms. The number of nitrogens with zero attached hydrogens (tertiary/aromatic N) is 3. The summed E-state index contributed by atoms with van der Waals surface area (Å²) in [7, 11) is 0. The van der Waals surface area contributed by atoms with Crippen LogP contribution in [0.15, 0.2) is 28.0 Å². The molecular weight excluding hydrogens is 314 g/mol. The molecule has 6 heteroatoms. The SMILES string of the molecule is Cc1cc(=O)n2c(n1)NC(NC1CCCCC1)=N[C@@H]2[C@@H]1CC=CCC1. The molecule has 1 aromatic rings. The fourth-order valence-electron chi connectivity index (χ4n) is 4.20. The number of aromatic nitrogens is 2. The molecule has 0 aromatic carbocycles. The molecule has 1 aliphatic heterocycles. The summed E-state index contributed by atoms with van der Waals surface area (Å²) in [5.41, 5.74) is 0.722. The zero-order valence-electron chi connectivity index (χ0n) is 14.9. The first-order chi connectivity index (χ1) is 12.2. The number of fused-ring (bicyclic) bond motifs is 1. The highest BCUT2D eigenvalue weighted by Gasteiger charge is 2.31. The Morgan fingerprint density at radius 1 is 1.20 bits per heavy atom. The second kappa shape index (κ2) is 7.02. The van der Waals surface area contributed by atoms with Crippen LogP contribution in [0.1, 0.15) is 63.2 Å². The summed E-state index contributed by atoms with van der Waals surface area (Å²) in [5.74, 6) is 1.75. The first-order valence-corrected chi connectivity index (χ1v) is 9.57. The van der Waals surface area contributed by atoms with Crippen molar-refractivity contribution in [3.63, 3.8) is 0 Å². The van der Waals surface area contributed by atoms with E-state index in [9.17, 15) is 4.79 Å². The molecule has 2 heterocycles. The minimum atomic E-state index is -0.173. The van der Waals surface area contributed by atoms with Gasteiger partial charge in [0.05, 0.1) is 0 Å². The third-order valence-electron chi connectivity index (χ3n) is 5.51. The van der Waals surface area contributed by atoms with Crippen molar-refractivity contribution in [2.75, 3.05) is 5.32 Å². The maximum absolute atomic E-state index is 12.6. The summed E-state index contributed by atoms with van der Waals surface area (Å²) in [6, 6.07) is 2.07. The number of allylic oxidation sites excluding steroid dienone is 2. The predicted octanol–water partition coefficient (Wildman–Crippen LogP) is 3.11. The second-order valence-corrected chi connectivity index (χ2v) is 7.47. The summed E-state index contributed by atoms with van der Waals surface area (Å²) in [5, 5.41) is 6.84. The van der Waals surface area contributed by atoms with Gasteiger partial charge in [0.2, 0.25) is 5.95 Å². The van der Waals surface area contributed by atoms with Crippen molar-refractivity contribution in [1.82, 2.24) is 14.9 Å². The van der Waals surface area contributed by atoms with Crippen LogP contribution in [0, 0.1) is 12.8 Å². The molecule has 1 saturated carbocycles. The number of hydrogen-bond acceptors (Lipinski definition) is 5. The van der Waals surface area contributed by atoms with E-state index < -0.39 is 0 Å². The standard InChI is InChI=1S/C19H27N5O/c1-13-12-16(25)24-17(14-8-4-2-5-9-14)22-18(23-19(24)20-13)21-15-10-6-3-7-11-15/h2,4,12,14-15,17H,3,5-11H2,1H3,(H2,20,21,22,23)/t14-,17+/m1/s1. The zero-order valence-corrected chi connectivity index (χ0v) is 14.9. The Morgan fingerprint density at radius 3 is 2.80 bits per heavy atom. The van der Waals surface area contributed by atoms with Gasteiger partial charge in [-0.3, -0.25) is 14.7 Å². The largest absolute Gasteiger partial charge is 0.353 e. The Labute approximate surface area is 148 Å². The lowest BCUT2D eigenvalue weighted by Gasteiger charge is -2.34. The maximum atomic E-state index is 12.6. The quantitative estimate of drug-likeness (QED) is 0.811. The zero-order chi connectivity index (χ0) is 17.2. The molecule has 1 fully saturated rings. The predicted molar refractivity (Wildman–Crippen MR) is 99.8 cm³/mol. The van der Waals surface area contributed by atoms with Crippen molar-refractivity contribution in [3.8, 4) is 0 Å². The summed E-state index contributed by atoms with van der Waals surface area (Å²) in [6.45, 7) is 1.86. The molecule has 0 unspecified atom stereocenters. The van der Waals surface area contributed by atoms with Crippen molar-refractivity contribution in [3.05, 3.63) is 34.3 Å². The lowest BCUT2D eigenvalue weighted by molar-refractivity contribution is 0.305. The third kappa shape index (κ3) is 3.48. The molecule has 0 amide bonds. The van der Waals surface area contributed by atoms with Crippen LogP contribution < -0.4 is 16.2 Å². The second-order valence-electron chi connectivity index (χ2n) is 7.47. The van der Waals surface area contributed by atoms with Gasteiger partial charge < -0.3 is 5.32 Å². The Kier molecular flexibility index (Phi) is 4.59. The van der Waals surface area contributed by atoms with E-state index in [0.717, 1.165) is 30.9 Å². The van der Waals surface area contributed by atoms with Gasteiger partial charge in [-0.2, -0.15) is 0 Å². The molecule has 2 aliphatic carbocycles. The Balaban J connectivity index is 1.65. The minimum Gasteiger partial charge on any atom is -0.353 e. The number of guanidine groups is 1. The van der Waals surface area contributed by atoms with Gasteiger partial charge in [0.25, 0.3) is 5.56 Å². The van der Waals surface area contributed by atoms with Gasteiger partial charge in [-0.05, 0) is 39.0 Å². The molecule has 25 heavy (non-hydrogen) atoms. The van der Waals surface area contributed by atoms with Crippen LogP contribution in [-0.2, 0) is 0 Å². The van der Waals surface area contributed by atoms with Crippen molar-refractivity contribution >= 4 is 11.9 Å². The van der Waals surface area contributed by atoms with Gasteiger partial charge in [0.15, 0.2) is 5.96 Å². The highest BCUT2D eigenvalue weighted by molar-refractivity contribution is 5.93. The third-order valence-corrected chi connectivity index (χ3v) is 5.51. The van der Waals surface area contributed by atoms with Crippen LogP contribution in [0.3, 0.4) is 0 Å². The summed E-state index contributed by atoms with van der Waals surface area (Å²) >= 11 is 0. The minimum absolute atomic E-state index is 0.0185. The van der Waals surface area contributed by atoms with Gasteiger partial charge in [-0.15, -0.1) is 0 Å². The van der Waals surface area contributed by atoms with Crippen molar-refractivity contribution in [1.29, 1.82) is 0 Å². The van der Waals surface area contributed by atoms with Crippen LogP contribution in [0.2, 0.25) is 0 Å². The average molecular weight is 341 g/mol. The highest BCUT2D eigenvalue weighted by atomic mass is 16.1. The monoisotopic (exact) mass is 341 g/mol. The number of nitrogens with one attached hydrogen (secondary N) is 2. The first kappa shape index (κ1) is 16.4. The number of aryl methyl sites for hydroxylation is 1. The Bertz CT molecular complexity index is 745. The van der Waals surface area contributed by atoms with E-state index >= 15 is 0 Å². The molecule has 1 aromatic heterocycles. The van der Waals surface area contributed by atoms with Crippen molar-refractivity contribution in [2.24, 2.45) is 10.9 Å². The van der Waals surface area contributed by atoms with Crippen LogP contribution in [-0.4, -0.2) is 21.6 Å².